The highest BCUT2D eigenvalue weighted by Crippen LogP contribution is 2.19. The van der Waals surface area contributed by atoms with Crippen molar-refractivity contribution in [1.82, 2.24) is 0 Å². The fraction of sp³-hybridized carbons (Fsp3) is 0.905. The Balaban J connectivity index is 3.97. The summed E-state index contributed by atoms with van der Waals surface area (Å²) in [6.45, 7) is 6.66. The van der Waals surface area contributed by atoms with E-state index in [9.17, 15) is 14.4 Å². The molecule has 0 amide bonds. The highest BCUT2D eigenvalue weighted by atomic mass is 16.6. The molecule has 1 atom stereocenters. The minimum absolute atomic E-state index is 0.0663. The lowest BCUT2D eigenvalue weighted by Crippen LogP contribution is -2.30. The van der Waals surface area contributed by atoms with Gasteiger partial charge in [0.1, 0.15) is 13.2 Å². The van der Waals surface area contributed by atoms with Crippen LogP contribution in [-0.2, 0) is 28.6 Å². The Bertz CT molecular complexity index is 1290. The zero-order valence-electron chi connectivity index (χ0n) is 54.4. The SMILES string of the molecule is CCCCCCC/C=C\C/C=C\CCCCCCCCCCCCCC(=O)OC(COC(=O)CCCCCCCCC)COC(=O)CCCCCCCCCCCCCCCCCCCCCCCCCCCCCCCCCC. The van der Waals surface area contributed by atoms with Crippen LogP contribution in [0, 0.1) is 0 Å². The van der Waals surface area contributed by atoms with E-state index in [-0.39, 0.29) is 31.1 Å². The van der Waals surface area contributed by atoms with Crippen molar-refractivity contribution in [2.75, 3.05) is 13.2 Å². The maximum atomic E-state index is 12.9. The summed E-state index contributed by atoms with van der Waals surface area (Å²) in [6.07, 6.45) is 85.4. The second kappa shape index (κ2) is 69.4. The summed E-state index contributed by atoms with van der Waals surface area (Å²) in [5, 5.41) is 0. The summed E-state index contributed by atoms with van der Waals surface area (Å²) in [4.78, 5) is 38.2. The monoisotopic (exact) mass is 1130 g/mol. The lowest BCUT2D eigenvalue weighted by atomic mass is 10.0. The third-order valence-electron chi connectivity index (χ3n) is 16.7. The Hall–Kier alpha value is -2.11. The fourth-order valence-electron chi connectivity index (χ4n) is 11.2. The first kappa shape index (κ1) is 77.9. The van der Waals surface area contributed by atoms with E-state index in [1.807, 2.05) is 0 Å². The fourth-order valence-corrected chi connectivity index (χ4v) is 11.2. The van der Waals surface area contributed by atoms with Crippen molar-refractivity contribution in [3.8, 4) is 0 Å². The first-order valence-electron chi connectivity index (χ1n) is 36.3. The number of carbonyl (C=O) groups excluding carboxylic acids is 3. The standard InChI is InChI=1S/C74H140O6/c1-4-7-10-13-16-18-20-22-24-26-28-30-32-33-34-35-36-37-38-39-40-42-43-45-47-49-51-53-55-58-61-64-67-73(76)79-70-71(69-78-72(75)66-63-60-57-15-12-9-6-3)80-74(77)68-65-62-59-56-54-52-50-48-46-44-41-31-29-27-25-23-21-19-17-14-11-8-5-2/h21,23,27,29,71H,4-20,22,24-26,28,30-70H2,1-3H3/b23-21-,29-27-. The Morgan fingerprint density at radius 1 is 0.250 bits per heavy atom. The van der Waals surface area contributed by atoms with Crippen LogP contribution in [0.1, 0.15) is 412 Å². The molecule has 0 rings (SSSR count). The summed E-state index contributed by atoms with van der Waals surface area (Å²) >= 11 is 0. The van der Waals surface area contributed by atoms with Crippen molar-refractivity contribution in [2.45, 2.75) is 419 Å². The van der Waals surface area contributed by atoms with Crippen LogP contribution in [0.4, 0.5) is 0 Å². The lowest BCUT2D eigenvalue weighted by molar-refractivity contribution is -0.167. The number of hydrogen-bond donors (Lipinski definition) is 0. The van der Waals surface area contributed by atoms with Crippen LogP contribution in [0.25, 0.3) is 0 Å². The minimum atomic E-state index is -0.768. The Morgan fingerprint density at radius 3 is 0.688 bits per heavy atom. The van der Waals surface area contributed by atoms with E-state index < -0.39 is 6.10 Å². The van der Waals surface area contributed by atoms with Crippen molar-refractivity contribution < 1.29 is 28.6 Å². The van der Waals surface area contributed by atoms with Gasteiger partial charge in [0.25, 0.3) is 0 Å². The van der Waals surface area contributed by atoms with E-state index in [1.165, 1.54) is 308 Å². The van der Waals surface area contributed by atoms with Crippen LogP contribution < -0.4 is 0 Å². The molecular formula is C74H140O6. The molecule has 0 aromatic carbocycles. The molecule has 0 aliphatic carbocycles. The van der Waals surface area contributed by atoms with Crippen molar-refractivity contribution in [3.63, 3.8) is 0 Å². The predicted molar refractivity (Wildman–Crippen MR) is 349 cm³/mol. The molecule has 0 heterocycles. The van der Waals surface area contributed by atoms with E-state index in [2.05, 4.69) is 45.1 Å². The van der Waals surface area contributed by atoms with Crippen molar-refractivity contribution in [2.24, 2.45) is 0 Å². The van der Waals surface area contributed by atoms with Gasteiger partial charge in [-0.3, -0.25) is 14.4 Å². The van der Waals surface area contributed by atoms with E-state index in [0.29, 0.717) is 19.3 Å². The Labute approximate surface area is 500 Å². The number of carbonyl (C=O) groups is 3. The molecule has 0 spiro atoms. The summed E-state index contributed by atoms with van der Waals surface area (Å²) in [5.41, 5.74) is 0. The molecule has 0 aliphatic heterocycles. The lowest BCUT2D eigenvalue weighted by Gasteiger charge is -2.18. The van der Waals surface area contributed by atoms with Crippen LogP contribution in [0.3, 0.4) is 0 Å². The molecule has 0 fully saturated rings. The summed E-state index contributed by atoms with van der Waals surface area (Å²) in [5.74, 6) is -0.847. The zero-order valence-corrected chi connectivity index (χ0v) is 54.4. The number of allylic oxidation sites excluding steroid dienone is 4. The van der Waals surface area contributed by atoms with Gasteiger partial charge in [0, 0.05) is 19.3 Å². The number of unbranched alkanes of at least 4 members (excludes halogenated alkanes) is 53. The maximum absolute atomic E-state index is 12.9. The molecule has 0 bridgehead atoms. The van der Waals surface area contributed by atoms with Gasteiger partial charge >= 0.3 is 17.9 Å². The molecule has 0 aliphatic rings. The second-order valence-electron chi connectivity index (χ2n) is 24.9. The normalized spacial score (nSPS) is 12.1. The summed E-state index contributed by atoms with van der Waals surface area (Å²) < 4.78 is 16.9. The summed E-state index contributed by atoms with van der Waals surface area (Å²) in [7, 11) is 0. The van der Waals surface area contributed by atoms with Crippen LogP contribution in [0.15, 0.2) is 24.3 Å². The highest BCUT2D eigenvalue weighted by Gasteiger charge is 2.19. The van der Waals surface area contributed by atoms with Gasteiger partial charge < -0.3 is 14.2 Å². The van der Waals surface area contributed by atoms with Crippen LogP contribution in [0.5, 0.6) is 0 Å². The molecule has 0 aromatic heterocycles. The van der Waals surface area contributed by atoms with Gasteiger partial charge in [0.05, 0.1) is 0 Å². The molecule has 6 nitrogen and oxygen atoms in total. The predicted octanol–water partition coefficient (Wildman–Crippen LogP) is 25.0. The molecule has 0 saturated heterocycles. The van der Waals surface area contributed by atoms with E-state index in [4.69, 9.17) is 14.2 Å². The van der Waals surface area contributed by atoms with Crippen LogP contribution in [0.2, 0.25) is 0 Å². The smallest absolute Gasteiger partial charge is 0.306 e. The van der Waals surface area contributed by atoms with Gasteiger partial charge in [-0.15, -0.1) is 0 Å². The van der Waals surface area contributed by atoms with Crippen LogP contribution >= 0.6 is 0 Å². The van der Waals surface area contributed by atoms with Gasteiger partial charge in [0.15, 0.2) is 6.10 Å². The number of ether oxygens (including phenoxy) is 3. The van der Waals surface area contributed by atoms with E-state index in [1.54, 1.807) is 0 Å². The third kappa shape index (κ3) is 66.7. The largest absolute Gasteiger partial charge is 0.462 e. The topological polar surface area (TPSA) is 78.9 Å². The average molecular weight is 1130 g/mol. The number of esters is 3. The third-order valence-corrected chi connectivity index (χ3v) is 16.7. The van der Waals surface area contributed by atoms with Gasteiger partial charge in [-0.2, -0.15) is 0 Å². The zero-order chi connectivity index (χ0) is 57.8. The minimum Gasteiger partial charge on any atom is -0.462 e. The highest BCUT2D eigenvalue weighted by molar-refractivity contribution is 5.71. The molecule has 0 saturated carbocycles. The molecule has 6 heteroatoms. The summed E-state index contributed by atoms with van der Waals surface area (Å²) in [6, 6.07) is 0. The van der Waals surface area contributed by atoms with Gasteiger partial charge in [-0.05, 0) is 51.4 Å². The van der Waals surface area contributed by atoms with E-state index >= 15 is 0 Å². The van der Waals surface area contributed by atoms with Crippen molar-refractivity contribution in [3.05, 3.63) is 24.3 Å². The number of hydrogen-bond acceptors (Lipinski definition) is 6. The molecule has 0 aromatic rings. The van der Waals surface area contributed by atoms with Gasteiger partial charge in [0.2, 0.25) is 0 Å². The first-order valence-corrected chi connectivity index (χ1v) is 36.3. The van der Waals surface area contributed by atoms with Crippen molar-refractivity contribution in [1.29, 1.82) is 0 Å². The molecule has 80 heavy (non-hydrogen) atoms. The molecule has 0 radical (unpaired) electrons. The first-order chi connectivity index (χ1) is 39.5. The molecule has 472 valence electrons. The quantitative estimate of drug-likeness (QED) is 0.0261. The Kier molecular flexibility index (Phi) is 67.6. The number of rotatable bonds is 68. The molecule has 0 N–H and O–H groups in total. The van der Waals surface area contributed by atoms with E-state index in [0.717, 1.165) is 64.2 Å². The van der Waals surface area contributed by atoms with Crippen molar-refractivity contribution >= 4 is 17.9 Å². The second-order valence-corrected chi connectivity index (χ2v) is 24.9. The average Bonchev–Trinajstić information content (AvgIpc) is 3.46. The van der Waals surface area contributed by atoms with Crippen LogP contribution in [-0.4, -0.2) is 37.2 Å². The van der Waals surface area contributed by atoms with Gasteiger partial charge in [-0.25, -0.2) is 0 Å². The molecular weight excluding hydrogens is 985 g/mol. The van der Waals surface area contributed by atoms with Gasteiger partial charge in [-0.1, -0.05) is 366 Å². The molecule has 1 unspecified atom stereocenters. The maximum Gasteiger partial charge on any atom is 0.306 e. The Morgan fingerprint density at radius 2 is 0.450 bits per heavy atom.